The van der Waals surface area contributed by atoms with Crippen LogP contribution in [0.15, 0.2) is 29.2 Å². The minimum Gasteiger partial charge on any atom is -0.229 e. The van der Waals surface area contributed by atoms with Crippen LogP contribution in [0.25, 0.3) is 0 Å². The van der Waals surface area contributed by atoms with Crippen molar-refractivity contribution in [2.45, 2.75) is 70.0 Å². The average molecular weight is 316 g/mol. The molecule has 0 saturated carbocycles. The van der Waals surface area contributed by atoms with E-state index in [0.29, 0.717) is 6.42 Å². The van der Waals surface area contributed by atoms with Gasteiger partial charge in [0.15, 0.2) is 0 Å². The van der Waals surface area contributed by atoms with Gasteiger partial charge < -0.3 is 0 Å². The molecule has 120 valence electrons. The van der Waals surface area contributed by atoms with Crippen molar-refractivity contribution in [2.24, 2.45) is 0 Å². The summed E-state index contributed by atoms with van der Waals surface area (Å²) >= 11 is 0. The highest BCUT2D eigenvalue weighted by Crippen LogP contribution is 2.18. The summed E-state index contributed by atoms with van der Waals surface area (Å²) in [5.41, 5.74) is 0.942. The van der Waals surface area contributed by atoms with Crippen molar-refractivity contribution in [3.8, 4) is 0 Å². The highest BCUT2D eigenvalue weighted by Gasteiger charge is 2.20. The van der Waals surface area contributed by atoms with Gasteiger partial charge in [0.25, 0.3) is 10.1 Å². The van der Waals surface area contributed by atoms with Crippen LogP contribution >= 0.6 is 0 Å². The van der Waals surface area contributed by atoms with Crippen LogP contribution in [0.2, 0.25) is 0 Å². The summed E-state index contributed by atoms with van der Waals surface area (Å²) in [4.78, 5) is -0.00121. The van der Waals surface area contributed by atoms with Gasteiger partial charge >= 0.3 is 0 Å². The maximum atomic E-state index is 13.6. The van der Waals surface area contributed by atoms with Gasteiger partial charge in [-0.15, -0.1) is 0 Å². The molecule has 1 rings (SSSR count). The predicted octanol–water partition coefficient (Wildman–Crippen LogP) is 4.75. The van der Waals surface area contributed by atoms with Gasteiger partial charge in [-0.25, -0.2) is 8.57 Å². The molecule has 0 aliphatic carbocycles. The number of alkyl halides is 1. The molecule has 0 aliphatic heterocycles. The van der Waals surface area contributed by atoms with Gasteiger partial charge in [-0.05, 0) is 25.5 Å². The fraction of sp³-hybridized carbons (Fsp3) is 0.625. The molecule has 0 aliphatic rings. The van der Waals surface area contributed by atoms with Gasteiger partial charge in [0.2, 0.25) is 6.36 Å². The summed E-state index contributed by atoms with van der Waals surface area (Å²) in [5.74, 6) is 0. The van der Waals surface area contributed by atoms with Crippen LogP contribution in [0.5, 0.6) is 0 Å². The second-order valence-corrected chi connectivity index (χ2v) is 6.90. The minimum atomic E-state index is -4.00. The minimum absolute atomic E-state index is 0.00121. The zero-order valence-electron chi connectivity index (χ0n) is 12.8. The monoisotopic (exact) mass is 316 g/mol. The predicted molar refractivity (Wildman–Crippen MR) is 82.3 cm³/mol. The lowest BCUT2D eigenvalue weighted by molar-refractivity contribution is 0.0637. The summed E-state index contributed by atoms with van der Waals surface area (Å²) in [6.45, 7) is 4.00. The van der Waals surface area contributed by atoms with E-state index in [0.717, 1.165) is 24.8 Å². The molecule has 0 radical (unpaired) electrons. The summed E-state index contributed by atoms with van der Waals surface area (Å²) in [7, 11) is -4.00. The fourth-order valence-electron chi connectivity index (χ4n) is 2.03. The largest absolute Gasteiger partial charge is 0.299 e. The lowest BCUT2D eigenvalue weighted by Gasteiger charge is -2.10. The van der Waals surface area contributed by atoms with Crippen molar-refractivity contribution in [1.29, 1.82) is 0 Å². The standard InChI is InChI=1S/C16H25FO3S/c1-3-4-5-6-7-8-9-16(17)20-21(18,19)15-12-10-14(2)11-13-15/h10-13,16H,3-9H2,1-2H3. The SMILES string of the molecule is CCCCCCCCC(F)OS(=O)(=O)c1ccc(C)cc1. The smallest absolute Gasteiger partial charge is 0.229 e. The van der Waals surface area contributed by atoms with Crippen LogP contribution < -0.4 is 0 Å². The summed E-state index contributed by atoms with van der Waals surface area (Å²) in [6, 6.07) is 6.19. The summed E-state index contributed by atoms with van der Waals surface area (Å²) < 4.78 is 42.0. The molecule has 21 heavy (non-hydrogen) atoms. The number of aryl methyl sites for hydroxylation is 1. The Morgan fingerprint density at radius 1 is 1.05 bits per heavy atom. The third-order valence-electron chi connectivity index (χ3n) is 3.33. The second kappa shape index (κ2) is 9.15. The molecule has 0 spiro atoms. The molecule has 0 amide bonds. The Balaban J connectivity index is 2.36. The lowest BCUT2D eigenvalue weighted by atomic mass is 10.1. The number of halogens is 1. The molecule has 1 aromatic carbocycles. The van der Waals surface area contributed by atoms with Crippen LogP contribution in [0.3, 0.4) is 0 Å². The van der Waals surface area contributed by atoms with Gasteiger partial charge in [0, 0.05) is 6.42 Å². The van der Waals surface area contributed by atoms with E-state index in [1.807, 2.05) is 6.92 Å². The Kier molecular flexibility index (Phi) is 7.89. The molecule has 0 aromatic heterocycles. The third-order valence-corrected chi connectivity index (χ3v) is 4.64. The molecule has 5 heteroatoms. The van der Waals surface area contributed by atoms with E-state index >= 15 is 0 Å². The lowest BCUT2D eigenvalue weighted by Crippen LogP contribution is -2.14. The van der Waals surface area contributed by atoms with Crippen LogP contribution in [-0.2, 0) is 14.3 Å². The van der Waals surface area contributed by atoms with E-state index in [4.69, 9.17) is 0 Å². The van der Waals surface area contributed by atoms with E-state index in [2.05, 4.69) is 11.1 Å². The van der Waals surface area contributed by atoms with Crippen LogP contribution in [-0.4, -0.2) is 14.8 Å². The first-order chi connectivity index (χ1) is 9.95. The van der Waals surface area contributed by atoms with E-state index in [1.54, 1.807) is 12.1 Å². The zero-order chi connectivity index (χ0) is 15.7. The highest BCUT2D eigenvalue weighted by atomic mass is 32.2. The Labute approximate surface area is 127 Å². The summed E-state index contributed by atoms with van der Waals surface area (Å²) in [6.07, 6.45) is 4.49. The molecule has 1 atom stereocenters. The molecule has 1 aromatic rings. The summed E-state index contributed by atoms with van der Waals surface area (Å²) in [5, 5.41) is 0. The van der Waals surface area contributed by atoms with Crippen molar-refractivity contribution >= 4 is 10.1 Å². The first-order valence-electron chi connectivity index (χ1n) is 7.59. The molecule has 0 bridgehead atoms. The van der Waals surface area contributed by atoms with Crippen LogP contribution in [0.4, 0.5) is 4.39 Å². The van der Waals surface area contributed by atoms with Crippen molar-refractivity contribution in [1.82, 2.24) is 0 Å². The molecule has 0 heterocycles. The van der Waals surface area contributed by atoms with Gasteiger partial charge in [0.05, 0.1) is 4.90 Å². The molecule has 0 N–H and O–H groups in total. The number of hydrogen-bond acceptors (Lipinski definition) is 3. The van der Waals surface area contributed by atoms with Gasteiger partial charge in [-0.1, -0.05) is 56.7 Å². The molecule has 1 unspecified atom stereocenters. The third kappa shape index (κ3) is 7.05. The van der Waals surface area contributed by atoms with Crippen molar-refractivity contribution in [3.05, 3.63) is 29.8 Å². The number of benzene rings is 1. The van der Waals surface area contributed by atoms with E-state index < -0.39 is 16.5 Å². The topological polar surface area (TPSA) is 43.4 Å². The number of rotatable bonds is 10. The van der Waals surface area contributed by atoms with Crippen molar-refractivity contribution in [3.63, 3.8) is 0 Å². The molecule has 3 nitrogen and oxygen atoms in total. The molecular formula is C16H25FO3S. The van der Waals surface area contributed by atoms with Crippen LogP contribution in [0.1, 0.15) is 57.4 Å². The highest BCUT2D eigenvalue weighted by molar-refractivity contribution is 7.86. The quantitative estimate of drug-likeness (QED) is 0.462. The van der Waals surface area contributed by atoms with Crippen molar-refractivity contribution in [2.75, 3.05) is 0 Å². The molecular weight excluding hydrogens is 291 g/mol. The molecule has 0 fully saturated rings. The normalized spacial score (nSPS) is 13.3. The van der Waals surface area contributed by atoms with E-state index in [1.165, 1.54) is 25.0 Å². The van der Waals surface area contributed by atoms with Crippen molar-refractivity contribution < 1.29 is 17.0 Å². The Bertz CT molecular complexity index is 497. The van der Waals surface area contributed by atoms with E-state index in [9.17, 15) is 12.8 Å². The maximum Gasteiger partial charge on any atom is 0.299 e. The van der Waals surface area contributed by atoms with Gasteiger partial charge in [-0.2, -0.15) is 8.42 Å². The Hall–Kier alpha value is -0.940. The fourth-order valence-corrected chi connectivity index (χ4v) is 2.98. The molecule has 0 saturated heterocycles. The second-order valence-electron chi connectivity index (χ2n) is 5.33. The Morgan fingerprint density at radius 3 is 2.24 bits per heavy atom. The average Bonchev–Trinajstić information content (AvgIpc) is 2.42. The number of hydrogen-bond donors (Lipinski definition) is 0. The first kappa shape index (κ1) is 18.1. The van der Waals surface area contributed by atoms with Gasteiger partial charge in [0.1, 0.15) is 0 Å². The Morgan fingerprint density at radius 2 is 1.62 bits per heavy atom. The van der Waals surface area contributed by atoms with E-state index in [-0.39, 0.29) is 11.3 Å². The maximum absolute atomic E-state index is 13.6. The number of unbranched alkanes of at least 4 members (excludes halogenated alkanes) is 5. The zero-order valence-corrected chi connectivity index (χ0v) is 13.7. The van der Waals surface area contributed by atoms with Gasteiger partial charge in [-0.3, -0.25) is 0 Å². The first-order valence-corrected chi connectivity index (χ1v) is 9.00. The van der Waals surface area contributed by atoms with Crippen LogP contribution in [0, 0.1) is 6.92 Å².